The van der Waals surface area contributed by atoms with E-state index in [1.54, 1.807) is 0 Å². The first kappa shape index (κ1) is 11.8. The zero-order chi connectivity index (χ0) is 10.3. The van der Waals surface area contributed by atoms with Gasteiger partial charge in [0.2, 0.25) is 0 Å². The third kappa shape index (κ3) is 4.36. The molecule has 0 atom stereocenters. The summed E-state index contributed by atoms with van der Waals surface area (Å²) < 4.78 is 0. The van der Waals surface area contributed by atoms with Crippen LogP contribution in [0.4, 0.5) is 0 Å². The molecule has 88 valence electrons. The normalized spacial score (nSPS) is 26.4. The Kier molecular flexibility index (Phi) is 5.34. The summed E-state index contributed by atoms with van der Waals surface area (Å²) in [6.07, 6.45) is 11.6. The van der Waals surface area contributed by atoms with Gasteiger partial charge in [0.15, 0.2) is 0 Å². The second kappa shape index (κ2) is 6.80. The molecular weight excluding hydrogens is 202 g/mol. The van der Waals surface area contributed by atoms with Crippen LogP contribution in [0.2, 0.25) is 0 Å². The monoisotopic (exact) mass is 227 g/mol. The van der Waals surface area contributed by atoms with E-state index in [-0.39, 0.29) is 0 Å². The molecule has 2 rings (SSSR count). The fourth-order valence-electron chi connectivity index (χ4n) is 2.77. The Morgan fingerprint density at radius 2 is 1.53 bits per heavy atom. The van der Waals surface area contributed by atoms with E-state index >= 15 is 0 Å². The highest BCUT2D eigenvalue weighted by Crippen LogP contribution is 2.23. The first-order valence-electron chi connectivity index (χ1n) is 6.76. The maximum Gasteiger partial charge on any atom is 0.00671 e. The van der Waals surface area contributed by atoms with Gasteiger partial charge >= 0.3 is 0 Å². The van der Waals surface area contributed by atoms with Gasteiger partial charge in [0.05, 0.1) is 0 Å². The number of nitrogens with one attached hydrogen (secondary N) is 1. The van der Waals surface area contributed by atoms with E-state index in [9.17, 15) is 0 Å². The molecule has 0 aromatic rings. The minimum absolute atomic E-state index is 0.849. The van der Waals surface area contributed by atoms with Crippen molar-refractivity contribution in [1.82, 2.24) is 5.32 Å². The number of hydrogen-bond donors (Lipinski definition) is 1. The van der Waals surface area contributed by atoms with Crippen LogP contribution in [0.25, 0.3) is 0 Å². The molecule has 1 nitrogen and oxygen atoms in total. The van der Waals surface area contributed by atoms with E-state index in [0.717, 1.165) is 12.0 Å². The van der Waals surface area contributed by atoms with Crippen LogP contribution in [0.3, 0.4) is 0 Å². The molecular formula is C13H25NS. The Bertz CT molecular complexity index is 158. The molecule has 0 aromatic heterocycles. The quantitative estimate of drug-likeness (QED) is 0.741. The molecule has 0 spiro atoms. The molecule has 2 aliphatic rings. The molecule has 1 aliphatic heterocycles. The molecule has 2 heteroatoms. The Hall–Kier alpha value is 0.310. The lowest BCUT2D eigenvalue weighted by Crippen LogP contribution is -2.34. The van der Waals surface area contributed by atoms with Crippen LogP contribution in [-0.4, -0.2) is 24.1 Å². The smallest absolute Gasteiger partial charge is 0.00671 e. The Morgan fingerprint density at radius 3 is 2.20 bits per heavy atom. The first-order valence-corrected chi connectivity index (χ1v) is 7.92. The average molecular weight is 227 g/mol. The summed E-state index contributed by atoms with van der Waals surface area (Å²) in [6.45, 7) is 1.30. The first-order chi connectivity index (χ1) is 7.45. The van der Waals surface area contributed by atoms with E-state index < -0.39 is 0 Å². The van der Waals surface area contributed by atoms with E-state index in [1.165, 1.54) is 69.4 Å². The third-order valence-electron chi connectivity index (χ3n) is 3.89. The van der Waals surface area contributed by atoms with Crippen molar-refractivity contribution >= 4 is 11.8 Å². The Morgan fingerprint density at radius 1 is 0.867 bits per heavy atom. The van der Waals surface area contributed by atoms with Crippen molar-refractivity contribution in [3.63, 3.8) is 0 Å². The van der Waals surface area contributed by atoms with E-state index in [1.807, 2.05) is 0 Å². The zero-order valence-corrected chi connectivity index (χ0v) is 10.7. The fraction of sp³-hybridized carbons (Fsp3) is 1.00. The molecule has 1 N–H and O–H groups in total. The molecule has 0 radical (unpaired) electrons. The van der Waals surface area contributed by atoms with Gasteiger partial charge in [-0.1, -0.05) is 25.7 Å². The fourth-order valence-corrected chi connectivity index (χ4v) is 3.97. The third-order valence-corrected chi connectivity index (χ3v) is 4.94. The maximum absolute atomic E-state index is 3.82. The van der Waals surface area contributed by atoms with Gasteiger partial charge in [-0.05, 0) is 49.7 Å². The second-order valence-corrected chi connectivity index (χ2v) is 6.38. The largest absolute Gasteiger partial charge is 0.314 e. The highest BCUT2D eigenvalue weighted by molar-refractivity contribution is 7.99. The van der Waals surface area contributed by atoms with Gasteiger partial charge in [-0.2, -0.15) is 11.8 Å². The molecule has 0 bridgehead atoms. The van der Waals surface area contributed by atoms with Crippen LogP contribution in [0.15, 0.2) is 0 Å². The van der Waals surface area contributed by atoms with Crippen LogP contribution >= 0.6 is 11.8 Å². The number of rotatable bonds is 3. The highest BCUT2D eigenvalue weighted by atomic mass is 32.2. The van der Waals surface area contributed by atoms with Gasteiger partial charge in [0, 0.05) is 6.04 Å². The van der Waals surface area contributed by atoms with Crippen LogP contribution in [0, 0.1) is 5.92 Å². The lowest BCUT2D eigenvalue weighted by molar-refractivity contribution is 0.384. The second-order valence-electron chi connectivity index (χ2n) is 5.15. The molecule has 1 saturated carbocycles. The van der Waals surface area contributed by atoms with Crippen LogP contribution in [0.1, 0.15) is 51.4 Å². The van der Waals surface area contributed by atoms with Gasteiger partial charge in [0.1, 0.15) is 0 Å². The molecule has 0 aromatic carbocycles. The summed E-state index contributed by atoms with van der Waals surface area (Å²) in [4.78, 5) is 0. The topological polar surface area (TPSA) is 12.0 Å². The molecule has 0 unspecified atom stereocenters. The van der Waals surface area contributed by atoms with Crippen molar-refractivity contribution in [2.45, 2.75) is 57.4 Å². The highest BCUT2D eigenvalue weighted by Gasteiger charge is 2.16. The summed E-state index contributed by atoms with van der Waals surface area (Å²) in [5.74, 6) is 3.78. The molecule has 1 aliphatic carbocycles. The summed E-state index contributed by atoms with van der Waals surface area (Å²) in [5.41, 5.74) is 0. The average Bonchev–Trinajstić information content (AvgIpc) is 2.56. The molecule has 15 heavy (non-hydrogen) atoms. The van der Waals surface area contributed by atoms with Gasteiger partial charge in [-0.15, -0.1) is 0 Å². The van der Waals surface area contributed by atoms with Crippen molar-refractivity contribution < 1.29 is 0 Å². The van der Waals surface area contributed by atoms with Crippen molar-refractivity contribution in [2.24, 2.45) is 5.92 Å². The number of hydrogen-bond acceptors (Lipinski definition) is 2. The van der Waals surface area contributed by atoms with Crippen molar-refractivity contribution in [1.29, 1.82) is 0 Å². The van der Waals surface area contributed by atoms with E-state index in [4.69, 9.17) is 0 Å². The molecule has 0 amide bonds. The predicted octanol–water partition coefficient (Wildman–Crippen LogP) is 3.44. The number of thioether (sulfide) groups is 1. The minimum atomic E-state index is 0.849. The summed E-state index contributed by atoms with van der Waals surface area (Å²) in [5, 5.41) is 3.82. The lowest BCUT2D eigenvalue weighted by atomic mass is 10.0. The predicted molar refractivity (Wildman–Crippen MR) is 69.5 cm³/mol. The summed E-state index contributed by atoms with van der Waals surface area (Å²) in [7, 11) is 0. The summed E-state index contributed by atoms with van der Waals surface area (Å²) >= 11 is 2.14. The maximum atomic E-state index is 3.82. The van der Waals surface area contributed by atoms with Crippen LogP contribution in [0.5, 0.6) is 0 Å². The Labute approximate surface area is 98.8 Å². The summed E-state index contributed by atoms with van der Waals surface area (Å²) in [6, 6.07) is 0.849. The van der Waals surface area contributed by atoms with Gasteiger partial charge in [-0.25, -0.2) is 0 Å². The van der Waals surface area contributed by atoms with Crippen molar-refractivity contribution in [3.05, 3.63) is 0 Å². The minimum Gasteiger partial charge on any atom is -0.314 e. The van der Waals surface area contributed by atoms with Gasteiger partial charge < -0.3 is 5.32 Å². The SMILES string of the molecule is C1CCCC(NCC2CCSCC2)CC1. The Balaban J connectivity index is 1.62. The van der Waals surface area contributed by atoms with E-state index in [0.29, 0.717) is 0 Å². The molecule has 1 heterocycles. The van der Waals surface area contributed by atoms with Gasteiger partial charge in [-0.3, -0.25) is 0 Å². The lowest BCUT2D eigenvalue weighted by Gasteiger charge is -2.24. The van der Waals surface area contributed by atoms with Crippen molar-refractivity contribution in [2.75, 3.05) is 18.1 Å². The molecule has 1 saturated heterocycles. The van der Waals surface area contributed by atoms with Crippen LogP contribution in [-0.2, 0) is 0 Å². The van der Waals surface area contributed by atoms with E-state index in [2.05, 4.69) is 17.1 Å². The zero-order valence-electron chi connectivity index (χ0n) is 9.84. The molecule has 2 fully saturated rings. The van der Waals surface area contributed by atoms with Crippen molar-refractivity contribution in [3.8, 4) is 0 Å². The van der Waals surface area contributed by atoms with Crippen LogP contribution < -0.4 is 5.32 Å². The van der Waals surface area contributed by atoms with Gasteiger partial charge in [0.25, 0.3) is 0 Å². The standard InChI is InChI=1S/C13H25NS/c1-2-4-6-13(5-3-1)14-11-12-7-9-15-10-8-12/h12-14H,1-11H2.